The van der Waals surface area contributed by atoms with Crippen LogP contribution in [0.4, 0.5) is 9.18 Å². The molecule has 0 saturated carbocycles. The van der Waals surface area contributed by atoms with Gasteiger partial charge in [0.15, 0.2) is 6.04 Å². The van der Waals surface area contributed by atoms with Gasteiger partial charge in [0.1, 0.15) is 35.1 Å². The highest BCUT2D eigenvalue weighted by atomic mass is 19.1. The molecule has 1 aromatic carbocycles. The van der Waals surface area contributed by atoms with Crippen LogP contribution in [-0.4, -0.2) is 112 Å². The molecule has 3 rings (SSSR count). The predicted molar refractivity (Wildman–Crippen MR) is 169 cm³/mol. The van der Waals surface area contributed by atoms with E-state index in [9.17, 15) is 38.3 Å². The molecule has 0 bridgehead atoms. The number of likely N-dealkylation sites (tertiary alicyclic amines) is 2. The lowest BCUT2D eigenvalue weighted by atomic mass is 9.86. The van der Waals surface area contributed by atoms with Crippen LogP contribution < -0.4 is 10.6 Å². The number of aliphatic hydroxyl groups is 1. The fourth-order valence-electron chi connectivity index (χ4n) is 6.25. The van der Waals surface area contributed by atoms with Crippen molar-refractivity contribution in [3.05, 3.63) is 35.6 Å². The maximum Gasteiger partial charge on any atom is 0.408 e. The van der Waals surface area contributed by atoms with Gasteiger partial charge in [-0.15, -0.1) is 0 Å². The number of hydrogen-bond donors (Lipinski definition) is 3. The molecule has 0 radical (unpaired) electrons. The Morgan fingerprint density at radius 1 is 1.06 bits per heavy atom. The average Bonchev–Trinajstić information content (AvgIpc) is 3.64. The van der Waals surface area contributed by atoms with Crippen molar-refractivity contribution in [2.45, 2.75) is 115 Å². The molecule has 2 unspecified atom stereocenters. The van der Waals surface area contributed by atoms with E-state index in [0.717, 1.165) is 14.0 Å². The molecule has 6 atom stereocenters. The lowest BCUT2D eigenvalue weighted by molar-refractivity contribution is -0.159. The van der Waals surface area contributed by atoms with E-state index in [-0.39, 0.29) is 32.4 Å². The van der Waals surface area contributed by atoms with Crippen LogP contribution in [0, 0.1) is 5.82 Å². The number of alkyl carbamates (subject to hydrolysis) is 1. The van der Waals surface area contributed by atoms with Crippen LogP contribution in [0.2, 0.25) is 0 Å². The van der Waals surface area contributed by atoms with Crippen molar-refractivity contribution in [2.24, 2.45) is 0 Å². The Labute approximate surface area is 279 Å². The number of esters is 2. The van der Waals surface area contributed by atoms with Gasteiger partial charge >= 0.3 is 18.0 Å². The number of carbonyl (C=O) groups excluding carboxylic acids is 6. The van der Waals surface area contributed by atoms with Gasteiger partial charge in [-0.3, -0.25) is 19.2 Å². The summed E-state index contributed by atoms with van der Waals surface area (Å²) in [5, 5.41) is 15.5. The van der Waals surface area contributed by atoms with Crippen LogP contribution >= 0.6 is 0 Å². The Hall–Kier alpha value is -4.27. The van der Waals surface area contributed by atoms with E-state index in [1.165, 1.54) is 41.8 Å². The number of amides is 4. The highest BCUT2D eigenvalue weighted by Crippen LogP contribution is 2.36. The summed E-state index contributed by atoms with van der Waals surface area (Å²) in [6.45, 7) is 9.08. The molecule has 2 saturated heterocycles. The zero-order valence-corrected chi connectivity index (χ0v) is 28.5. The number of halogens is 1. The Bertz CT molecular complexity index is 1380. The van der Waals surface area contributed by atoms with Crippen LogP contribution in [0.1, 0.15) is 72.8 Å². The normalized spacial score (nSPS) is 21.8. The molecule has 2 heterocycles. The molecule has 3 N–H and O–H groups in total. The minimum atomic E-state index is -1.64. The quantitative estimate of drug-likeness (QED) is 0.230. The van der Waals surface area contributed by atoms with Crippen LogP contribution in [-0.2, 0) is 44.6 Å². The number of ether oxygens (including phenoxy) is 3. The first kappa shape index (κ1) is 38.2. The lowest BCUT2D eigenvalue weighted by Crippen LogP contribution is -2.65. The van der Waals surface area contributed by atoms with E-state index in [1.807, 2.05) is 0 Å². The van der Waals surface area contributed by atoms with Crippen LogP contribution in [0.3, 0.4) is 0 Å². The van der Waals surface area contributed by atoms with E-state index in [1.54, 1.807) is 26.8 Å². The third kappa shape index (κ3) is 9.20. The average molecular weight is 679 g/mol. The Morgan fingerprint density at radius 2 is 1.75 bits per heavy atom. The summed E-state index contributed by atoms with van der Waals surface area (Å²) >= 11 is 0. The third-order valence-electron chi connectivity index (χ3n) is 8.37. The van der Waals surface area contributed by atoms with Gasteiger partial charge in [-0.2, -0.15) is 0 Å². The molecule has 2 aliphatic rings. The minimum absolute atomic E-state index is 0.110. The topological polar surface area (TPSA) is 181 Å². The van der Waals surface area contributed by atoms with Crippen molar-refractivity contribution < 1.29 is 52.5 Å². The van der Waals surface area contributed by atoms with Crippen LogP contribution in [0.15, 0.2) is 24.3 Å². The molecular formula is C33H47FN4O10. The van der Waals surface area contributed by atoms with Crippen molar-refractivity contribution in [3.63, 3.8) is 0 Å². The molecular weight excluding hydrogens is 631 g/mol. The zero-order chi connectivity index (χ0) is 36.0. The van der Waals surface area contributed by atoms with Gasteiger partial charge in [0.05, 0.1) is 13.2 Å². The summed E-state index contributed by atoms with van der Waals surface area (Å²) in [4.78, 5) is 82.1. The fourth-order valence-corrected chi connectivity index (χ4v) is 6.25. The third-order valence-corrected chi connectivity index (χ3v) is 8.37. The first-order valence-corrected chi connectivity index (χ1v) is 16.0. The molecule has 15 heteroatoms. The highest BCUT2D eigenvalue weighted by molar-refractivity contribution is 5.98. The lowest BCUT2D eigenvalue weighted by Gasteiger charge is -2.41. The molecule has 1 aromatic rings. The molecule has 0 aliphatic carbocycles. The van der Waals surface area contributed by atoms with E-state index >= 15 is 0 Å². The summed E-state index contributed by atoms with van der Waals surface area (Å²) in [5.41, 5.74) is -2.10. The Kier molecular flexibility index (Phi) is 12.5. The second kappa shape index (κ2) is 15.8. The summed E-state index contributed by atoms with van der Waals surface area (Å²) < 4.78 is 29.6. The van der Waals surface area contributed by atoms with E-state index in [2.05, 4.69) is 10.6 Å². The maximum absolute atomic E-state index is 14.4. The molecule has 48 heavy (non-hydrogen) atoms. The number of nitrogens with zero attached hydrogens (tertiary/aromatic N) is 2. The van der Waals surface area contributed by atoms with Gasteiger partial charge in [-0.1, -0.05) is 12.1 Å². The number of aliphatic hydroxyl groups excluding tert-OH is 1. The van der Waals surface area contributed by atoms with Gasteiger partial charge in [-0.25, -0.2) is 14.0 Å². The van der Waals surface area contributed by atoms with Crippen molar-refractivity contribution in [1.29, 1.82) is 0 Å². The molecule has 14 nitrogen and oxygen atoms in total. The van der Waals surface area contributed by atoms with Gasteiger partial charge in [-0.05, 0) is 78.0 Å². The van der Waals surface area contributed by atoms with Gasteiger partial charge in [0.25, 0.3) is 0 Å². The minimum Gasteiger partial charge on any atom is -0.467 e. The first-order valence-electron chi connectivity index (χ1n) is 16.0. The summed E-state index contributed by atoms with van der Waals surface area (Å²) in [6.07, 6.45) is -2.34. The first-order chi connectivity index (χ1) is 22.4. The summed E-state index contributed by atoms with van der Waals surface area (Å²) in [7, 11) is 1.11. The van der Waals surface area contributed by atoms with Crippen molar-refractivity contribution in [1.82, 2.24) is 20.4 Å². The van der Waals surface area contributed by atoms with Gasteiger partial charge < -0.3 is 39.8 Å². The molecule has 0 aromatic heterocycles. The SMILES string of the molecule is COC(=O)[C@@H](NC(=O)C1(Cc2cccc(F)c2)CCCN1C(=O)C1CCCN1C(=O)[C@@H](NC(=O)OC(C)(C)C)[C@@H](C)O)[C@@H](C)OC(C)=O. The standard InChI is InChI=1S/C33H47FN4O10/c1-19(39)25(36-31(45)48-32(4,5)6)28(42)37-15-9-13-24(37)27(41)38-16-10-14-33(38,18-22-11-8-12-23(34)17-22)30(44)35-26(29(43)46-7)20(2)47-21(3)40/h8,11-12,17,19-20,24-26,39H,9-10,13-16,18H2,1-7H3,(H,35,44)(H,36,45)/t19-,20-,24?,25+,26+,33?/m1/s1. The molecule has 0 spiro atoms. The Balaban J connectivity index is 1.98. The number of methoxy groups -OCH3 is 1. The van der Waals surface area contributed by atoms with Crippen LogP contribution in [0.5, 0.6) is 0 Å². The number of rotatable bonds is 11. The van der Waals surface area contributed by atoms with Crippen LogP contribution in [0.25, 0.3) is 0 Å². The van der Waals surface area contributed by atoms with E-state index < -0.39 is 83.0 Å². The molecule has 4 amide bonds. The van der Waals surface area contributed by atoms with Gasteiger partial charge in [0, 0.05) is 26.4 Å². The fraction of sp³-hybridized carbons (Fsp3) is 0.636. The zero-order valence-electron chi connectivity index (χ0n) is 28.5. The summed E-state index contributed by atoms with van der Waals surface area (Å²) in [6, 6.07) is 1.68. The van der Waals surface area contributed by atoms with Gasteiger partial charge in [0.2, 0.25) is 17.7 Å². The van der Waals surface area contributed by atoms with Crippen molar-refractivity contribution in [2.75, 3.05) is 20.2 Å². The molecule has 2 aliphatic heterocycles. The number of benzene rings is 1. The second-order valence-electron chi connectivity index (χ2n) is 13.3. The number of hydrogen-bond acceptors (Lipinski definition) is 10. The summed E-state index contributed by atoms with van der Waals surface area (Å²) in [5.74, 6) is -4.15. The number of carbonyl (C=O) groups is 6. The molecule has 266 valence electrons. The largest absolute Gasteiger partial charge is 0.467 e. The molecule has 2 fully saturated rings. The Morgan fingerprint density at radius 3 is 2.33 bits per heavy atom. The predicted octanol–water partition coefficient (Wildman–Crippen LogP) is 1.60. The van der Waals surface area contributed by atoms with E-state index in [4.69, 9.17) is 14.2 Å². The number of nitrogens with one attached hydrogen (secondary N) is 2. The second-order valence-corrected chi connectivity index (χ2v) is 13.3. The van der Waals surface area contributed by atoms with Crippen molar-refractivity contribution >= 4 is 35.8 Å². The smallest absolute Gasteiger partial charge is 0.408 e. The maximum atomic E-state index is 14.4. The van der Waals surface area contributed by atoms with Crippen molar-refractivity contribution in [3.8, 4) is 0 Å². The monoisotopic (exact) mass is 678 g/mol. The van der Waals surface area contributed by atoms with E-state index in [0.29, 0.717) is 18.4 Å². The highest BCUT2D eigenvalue weighted by Gasteiger charge is 2.53.